The van der Waals surface area contributed by atoms with Crippen molar-refractivity contribution in [2.45, 2.75) is 64.3 Å². The van der Waals surface area contributed by atoms with Crippen LogP contribution in [0.2, 0.25) is 0 Å². The van der Waals surface area contributed by atoms with Gasteiger partial charge in [-0.25, -0.2) is 4.79 Å². The molecule has 7 heteroatoms. The van der Waals surface area contributed by atoms with Crippen molar-refractivity contribution in [1.82, 2.24) is 10.2 Å². The predicted molar refractivity (Wildman–Crippen MR) is 114 cm³/mol. The van der Waals surface area contributed by atoms with Gasteiger partial charge in [0, 0.05) is 17.8 Å². The van der Waals surface area contributed by atoms with Crippen molar-refractivity contribution in [3.05, 3.63) is 29.8 Å². The lowest BCUT2D eigenvalue weighted by Crippen LogP contribution is -2.52. The highest BCUT2D eigenvalue weighted by atomic mass is 32.2. The molecule has 1 fully saturated rings. The van der Waals surface area contributed by atoms with Gasteiger partial charge in [0.1, 0.15) is 11.4 Å². The van der Waals surface area contributed by atoms with E-state index in [1.807, 2.05) is 32.9 Å². The van der Waals surface area contributed by atoms with Crippen molar-refractivity contribution in [2.75, 3.05) is 25.3 Å². The minimum Gasteiger partial charge on any atom is -0.497 e. The summed E-state index contributed by atoms with van der Waals surface area (Å²) in [5, 5.41) is 14.2. The standard InChI is InChI=1S/C21H34N2O4S/c1-20(2,3)27-19(25)23-14-28-13-17(23)18(24)12-22-21(4,5)11-15-7-9-16(26-6)10-8-15/h7-10,17-18,22,24H,11-14H2,1-6H3. The number of amides is 1. The first-order chi connectivity index (χ1) is 13.0. The third kappa shape index (κ3) is 6.87. The number of rotatable bonds is 7. The van der Waals surface area contributed by atoms with E-state index in [4.69, 9.17) is 9.47 Å². The molecule has 0 spiro atoms. The van der Waals surface area contributed by atoms with Crippen molar-refractivity contribution in [1.29, 1.82) is 0 Å². The second-order valence-electron chi connectivity index (χ2n) is 8.87. The maximum absolute atomic E-state index is 12.4. The van der Waals surface area contributed by atoms with Crippen molar-refractivity contribution < 1.29 is 19.4 Å². The first kappa shape index (κ1) is 22.8. The fourth-order valence-corrected chi connectivity index (χ4v) is 4.36. The molecule has 1 aliphatic heterocycles. The Morgan fingerprint density at radius 1 is 1.29 bits per heavy atom. The number of nitrogens with zero attached hydrogens (tertiary/aromatic N) is 1. The molecule has 2 rings (SSSR count). The zero-order valence-corrected chi connectivity index (χ0v) is 18.6. The van der Waals surface area contributed by atoms with Crippen molar-refractivity contribution in [3.8, 4) is 5.75 Å². The van der Waals surface area contributed by atoms with E-state index in [1.165, 1.54) is 5.56 Å². The number of ether oxygens (including phenoxy) is 2. The normalized spacial score (nSPS) is 18.8. The number of thioether (sulfide) groups is 1. The minimum absolute atomic E-state index is 0.196. The third-order valence-corrected chi connectivity index (χ3v) is 5.62. The van der Waals surface area contributed by atoms with E-state index in [0.717, 1.165) is 12.2 Å². The van der Waals surface area contributed by atoms with Crippen LogP contribution < -0.4 is 10.1 Å². The Kier molecular flexibility index (Phi) is 7.65. The van der Waals surface area contributed by atoms with Crippen LogP contribution in [0.1, 0.15) is 40.2 Å². The van der Waals surface area contributed by atoms with Gasteiger partial charge in [0.25, 0.3) is 0 Å². The highest BCUT2D eigenvalue weighted by Crippen LogP contribution is 2.26. The zero-order valence-electron chi connectivity index (χ0n) is 17.8. The zero-order chi connectivity index (χ0) is 20.9. The summed E-state index contributed by atoms with van der Waals surface area (Å²) >= 11 is 1.64. The number of β-amino-alcohol motifs (C(OH)–C–C–N with tert-alkyl or cyclic N) is 1. The van der Waals surface area contributed by atoms with Crippen LogP contribution in [0.25, 0.3) is 0 Å². The Hall–Kier alpha value is -1.44. The van der Waals surface area contributed by atoms with Gasteiger partial charge in [-0.2, -0.15) is 0 Å². The van der Waals surface area contributed by atoms with Gasteiger partial charge < -0.3 is 19.9 Å². The van der Waals surface area contributed by atoms with Gasteiger partial charge in [0.05, 0.1) is 25.1 Å². The molecule has 28 heavy (non-hydrogen) atoms. The van der Waals surface area contributed by atoms with E-state index in [2.05, 4.69) is 31.3 Å². The molecule has 6 nitrogen and oxygen atoms in total. The molecule has 0 aliphatic carbocycles. The molecule has 1 heterocycles. The molecule has 0 aromatic heterocycles. The molecule has 2 atom stereocenters. The maximum Gasteiger partial charge on any atom is 0.411 e. The molecule has 0 saturated carbocycles. The molecule has 0 radical (unpaired) electrons. The van der Waals surface area contributed by atoms with Crippen molar-refractivity contribution in [2.24, 2.45) is 0 Å². The van der Waals surface area contributed by atoms with E-state index in [-0.39, 0.29) is 17.7 Å². The third-order valence-electron chi connectivity index (χ3n) is 4.59. The average molecular weight is 411 g/mol. The van der Waals surface area contributed by atoms with Crippen molar-refractivity contribution in [3.63, 3.8) is 0 Å². The summed E-state index contributed by atoms with van der Waals surface area (Å²) < 4.78 is 10.7. The topological polar surface area (TPSA) is 71.0 Å². The molecule has 158 valence electrons. The van der Waals surface area contributed by atoms with Gasteiger partial charge in [-0.1, -0.05) is 12.1 Å². The summed E-state index contributed by atoms with van der Waals surface area (Å²) in [7, 11) is 1.66. The number of methoxy groups -OCH3 is 1. The van der Waals surface area contributed by atoms with Crippen LogP contribution in [0.3, 0.4) is 0 Å². The Balaban J connectivity index is 1.89. The maximum atomic E-state index is 12.4. The monoisotopic (exact) mass is 410 g/mol. The molecule has 1 aliphatic rings. The van der Waals surface area contributed by atoms with Crippen LogP contribution in [-0.2, 0) is 11.2 Å². The van der Waals surface area contributed by atoms with Gasteiger partial charge in [-0.3, -0.25) is 4.90 Å². The van der Waals surface area contributed by atoms with Crippen LogP contribution in [-0.4, -0.2) is 64.7 Å². The van der Waals surface area contributed by atoms with Gasteiger partial charge in [-0.15, -0.1) is 11.8 Å². The number of hydrogen-bond donors (Lipinski definition) is 2. The fraction of sp³-hybridized carbons (Fsp3) is 0.667. The molecule has 2 N–H and O–H groups in total. The number of aliphatic hydroxyl groups is 1. The lowest BCUT2D eigenvalue weighted by molar-refractivity contribution is 0.00653. The van der Waals surface area contributed by atoms with Crippen LogP contribution in [0.15, 0.2) is 24.3 Å². The smallest absolute Gasteiger partial charge is 0.411 e. The summed E-state index contributed by atoms with van der Waals surface area (Å²) in [6.07, 6.45) is -0.199. The van der Waals surface area contributed by atoms with E-state index in [9.17, 15) is 9.90 Å². The summed E-state index contributed by atoms with van der Waals surface area (Å²) in [5.41, 5.74) is 0.454. The number of benzene rings is 1. The van der Waals surface area contributed by atoms with E-state index in [0.29, 0.717) is 18.2 Å². The highest BCUT2D eigenvalue weighted by Gasteiger charge is 2.37. The predicted octanol–water partition coefficient (Wildman–Crippen LogP) is 3.28. The number of aliphatic hydroxyl groups excluding tert-OH is 1. The van der Waals surface area contributed by atoms with Gasteiger partial charge in [-0.05, 0) is 58.7 Å². The molecule has 1 amide bonds. The van der Waals surface area contributed by atoms with Crippen LogP contribution in [0, 0.1) is 0 Å². The summed E-state index contributed by atoms with van der Waals surface area (Å²) in [5.74, 6) is 2.10. The Morgan fingerprint density at radius 3 is 2.50 bits per heavy atom. The first-order valence-corrected chi connectivity index (χ1v) is 10.8. The molecule has 1 aromatic carbocycles. The van der Waals surface area contributed by atoms with Crippen LogP contribution in [0.4, 0.5) is 4.79 Å². The number of hydrogen-bond acceptors (Lipinski definition) is 6. The van der Waals surface area contributed by atoms with E-state index < -0.39 is 11.7 Å². The molecule has 1 aromatic rings. The lowest BCUT2D eigenvalue weighted by Gasteiger charge is -2.33. The molecular weight excluding hydrogens is 376 g/mol. The minimum atomic E-state index is -0.655. The summed E-state index contributed by atoms with van der Waals surface area (Å²) in [6.45, 7) is 10.2. The summed E-state index contributed by atoms with van der Waals surface area (Å²) in [4.78, 5) is 14.1. The van der Waals surface area contributed by atoms with Crippen LogP contribution >= 0.6 is 11.8 Å². The largest absolute Gasteiger partial charge is 0.497 e. The number of nitrogens with one attached hydrogen (secondary N) is 1. The van der Waals surface area contributed by atoms with E-state index in [1.54, 1.807) is 23.8 Å². The number of carbonyl (C=O) groups is 1. The first-order valence-electron chi connectivity index (χ1n) is 9.64. The van der Waals surface area contributed by atoms with Crippen molar-refractivity contribution >= 4 is 17.9 Å². The molecule has 0 bridgehead atoms. The van der Waals surface area contributed by atoms with Gasteiger partial charge in [0.15, 0.2) is 0 Å². The van der Waals surface area contributed by atoms with Gasteiger partial charge in [0.2, 0.25) is 0 Å². The Bertz CT molecular complexity index is 643. The Labute approximate surface area is 173 Å². The summed E-state index contributed by atoms with van der Waals surface area (Å²) in [6, 6.07) is 7.76. The highest BCUT2D eigenvalue weighted by molar-refractivity contribution is 7.99. The number of carbonyl (C=O) groups excluding carboxylic acids is 1. The lowest BCUT2D eigenvalue weighted by atomic mass is 9.94. The Morgan fingerprint density at radius 2 is 1.93 bits per heavy atom. The van der Waals surface area contributed by atoms with Gasteiger partial charge >= 0.3 is 6.09 Å². The quantitative estimate of drug-likeness (QED) is 0.719. The second-order valence-corrected chi connectivity index (χ2v) is 9.87. The SMILES string of the molecule is COc1ccc(CC(C)(C)NCC(O)C2CSCN2C(=O)OC(C)(C)C)cc1. The molecule has 2 unspecified atom stereocenters. The second kappa shape index (κ2) is 9.37. The average Bonchev–Trinajstić information content (AvgIpc) is 3.09. The van der Waals surface area contributed by atoms with E-state index >= 15 is 0 Å². The van der Waals surface area contributed by atoms with Crippen LogP contribution in [0.5, 0.6) is 5.75 Å². The fourth-order valence-electron chi connectivity index (χ4n) is 3.12. The molecule has 1 saturated heterocycles. The molecular formula is C21H34N2O4S.